The molecule has 1 aliphatic rings. The molecular weight excluding hydrogens is 291 g/mol. The first-order chi connectivity index (χ1) is 10.4. The number of nitrogens with two attached hydrogens (primary N) is 1. The monoisotopic (exact) mass is 309 g/mol. The molecule has 0 amide bonds. The molecule has 6 heteroatoms. The predicted molar refractivity (Wildman–Crippen MR) is 79.2 cm³/mol. The largest absolute Gasteiger partial charge is 0.418 e. The average Bonchev–Trinajstić information content (AvgIpc) is 2.97. The van der Waals surface area contributed by atoms with Gasteiger partial charge in [0.15, 0.2) is 0 Å². The predicted octanol–water partition coefficient (Wildman–Crippen LogP) is 4.66. The number of hydrogen-bond donors (Lipinski definition) is 1. The first-order valence-corrected chi connectivity index (χ1v) is 7.46. The van der Waals surface area contributed by atoms with Crippen molar-refractivity contribution in [1.82, 2.24) is 9.78 Å². The van der Waals surface area contributed by atoms with Crippen molar-refractivity contribution in [3.05, 3.63) is 36.2 Å². The average molecular weight is 309 g/mol. The van der Waals surface area contributed by atoms with Gasteiger partial charge in [-0.3, -0.25) is 4.68 Å². The lowest BCUT2D eigenvalue weighted by Gasteiger charge is -2.21. The van der Waals surface area contributed by atoms with Crippen molar-refractivity contribution in [2.75, 3.05) is 5.73 Å². The summed E-state index contributed by atoms with van der Waals surface area (Å²) in [6.07, 6.45) is 4.78. The molecule has 1 aromatic carbocycles. The lowest BCUT2D eigenvalue weighted by molar-refractivity contribution is -0.136. The minimum absolute atomic E-state index is 0.254. The molecule has 118 valence electrons. The van der Waals surface area contributed by atoms with Crippen molar-refractivity contribution in [2.45, 2.75) is 44.3 Å². The topological polar surface area (TPSA) is 43.8 Å². The lowest BCUT2D eigenvalue weighted by Crippen LogP contribution is -2.12. The molecule has 0 aliphatic heterocycles. The molecule has 1 fully saturated rings. The summed E-state index contributed by atoms with van der Waals surface area (Å²) in [4.78, 5) is 0. The minimum atomic E-state index is -4.44. The summed E-state index contributed by atoms with van der Waals surface area (Å²) in [7, 11) is 0. The Labute approximate surface area is 126 Å². The third-order valence-electron chi connectivity index (χ3n) is 4.24. The zero-order valence-electron chi connectivity index (χ0n) is 12.1. The molecule has 2 aromatic rings. The number of hydrogen-bond acceptors (Lipinski definition) is 2. The third kappa shape index (κ3) is 2.96. The Bertz CT molecular complexity index is 655. The maximum absolute atomic E-state index is 12.9. The first kappa shape index (κ1) is 14.9. The van der Waals surface area contributed by atoms with Gasteiger partial charge in [0.1, 0.15) is 0 Å². The molecule has 22 heavy (non-hydrogen) atoms. The highest BCUT2D eigenvalue weighted by Gasteiger charge is 2.33. The van der Waals surface area contributed by atoms with E-state index in [0.717, 1.165) is 18.9 Å². The van der Waals surface area contributed by atoms with Gasteiger partial charge in [0, 0.05) is 17.4 Å². The molecule has 0 unspecified atom stereocenters. The van der Waals surface area contributed by atoms with Crippen LogP contribution in [0.2, 0.25) is 0 Å². The van der Waals surface area contributed by atoms with Gasteiger partial charge in [-0.15, -0.1) is 0 Å². The van der Waals surface area contributed by atoms with Crippen LogP contribution < -0.4 is 5.73 Å². The fourth-order valence-corrected chi connectivity index (χ4v) is 3.01. The van der Waals surface area contributed by atoms with Crippen molar-refractivity contribution in [1.29, 1.82) is 0 Å². The highest BCUT2D eigenvalue weighted by molar-refractivity contribution is 5.67. The molecule has 1 heterocycles. The van der Waals surface area contributed by atoms with Crippen LogP contribution in [0.15, 0.2) is 30.6 Å². The molecule has 0 radical (unpaired) electrons. The summed E-state index contributed by atoms with van der Waals surface area (Å²) < 4.78 is 40.7. The van der Waals surface area contributed by atoms with Gasteiger partial charge in [-0.2, -0.15) is 18.3 Å². The number of alkyl halides is 3. The standard InChI is InChI=1S/C16H18F3N3/c17-16(18,19)14-8-11(6-7-15(14)20)12-9-21-22(10-12)13-4-2-1-3-5-13/h6-10,13H,1-5,20H2. The van der Waals surface area contributed by atoms with Gasteiger partial charge in [0.2, 0.25) is 0 Å². The molecule has 0 saturated heterocycles. The first-order valence-electron chi connectivity index (χ1n) is 7.46. The zero-order valence-corrected chi connectivity index (χ0v) is 12.1. The number of benzene rings is 1. The highest BCUT2D eigenvalue weighted by atomic mass is 19.4. The van der Waals surface area contributed by atoms with Crippen LogP contribution in [0.3, 0.4) is 0 Å². The number of nitrogen functional groups attached to an aromatic ring is 1. The Morgan fingerprint density at radius 3 is 2.50 bits per heavy atom. The second-order valence-electron chi connectivity index (χ2n) is 5.80. The van der Waals surface area contributed by atoms with E-state index in [1.165, 1.54) is 25.3 Å². The van der Waals surface area contributed by atoms with E-state index in [0.29, 0.717) is 17.2 Å². The van der Waals surface area contributed by atoms with E-state index < -0.39 is 11.7 Å². The second-order valence-corrected chi connectivity index (χ2v) is 5.80. The number of halogens is 3. The second kappa shape index (κ2) is 5.66. The summed E-state index contributed by atoms with van der Waals surface area (Å²) in [6, 6.07) is 4.36. The quantitative estimate of drug-likeness (QED) is 0.820. The van der Waals surface area contributed by atoms with Gasteiger partial charge in [-0.1, -0.05) is 25.3 Å². The summed E-state index contributed by atoms with van der Waals surface area (Å²) in [5.74, 6) is 0. The molecule has 0 spiro atoms. The molecule has 1 aromatic heterocycles. The normalized spacial score (nSPS) is 16.9. The van der Waals surface area contributed by atoms with Gasteiger partial charge >= 0.3 is 6.18 Å². The van der Waals surface area contributed by atoms with E-state index in [-0.39, 0.29) is 5.69 Å². The van der Waals surface area contributed by atoms with E-state index in [9.17, 15) is 13.2 Å². The van der Waals surface area contributed by atoms with Crippen LogP contribution in [-0.4, -0.2) is 9.78 Å². The van der Waals surface area contributed by atoms with E-state index in [4.69, 9.17) is 5.73 Å². The van der Waals surface area contributed by atoms with Crippen molar-refractivity contribution in [2.24, 2.45) is 0 Å². The van der Waals surface area contributed by atoms with Crippen molar-refractivity contribution < 1.29 is 13.2 Å². The van der Waals surface area contributed by atoms with Crippen molar-refractivity contribution in [3.8, 4) is 11.1 Å². The Morgan fingerprint density at radius 2 is 1.82 bits per heavy atom. The summed E-state index contributed by atoms with van der Waals surface area (Å²) >= 11 is 0. The summed E-state index contributed by atoms with van der Waals surface area (Å²) in [6.45, 7) is 0. The smallest absolute Gasteiger partial charge is 0.398 e. The maximum atomic E-state index is 12.9. The van der Waals surface area contributed by atoms with Crippen molar-refractivity contribution in [3.63, 3.8) is 0 Å². The Morgan fingerprint density at radius 1 is 1.09 bits per heavy atom. The number of rotatable bonds is 2. The summed E-state index contributed by atoms with van der Waals surface area (Å²) in [5, 5.41) is 4.33. The Balaban J connectivity index is 1.90. The van der Waals surface area contributed by atoms with Crippen LogP contribution in [-0.2, 0) is 6.18 Å². The molecular formula is C16H18F3N3. The molecule has 3 nitrogen and oxygen atoms in total. The summed E-state index contributed by atoms with van der Waals surface area (Å²) in [5.41, 5.74) is 5.57. The van der Waals surface area contributed by atoms with Crippen LogP contribution in [0.5, 0.6) is 0 Å². The van der Waals surface area contributed by atoms with Crippen LogP contribution >= 0.6 is 0 Å². The third-order valence-corrected chi connectivity index (χ3v) is 4.24. The van der Waals surface area contributed by atoms with Gasteiger partial charge < -0.3 is 5.73 Å². The van der Waals surface area contributed by atoms with Gasteiger partial charge in [-0.05, 0) is 30.5 Å². The Hall–Kier alpha value is -1.98. The maximum Gasteiger partial charge on any atom is 0.418 e. The lowest BCUT2D eigenvalue weighted by atomic mass is 9.96. The van der Waals surface area contributed by atoms with Gasteiger partial charge in [0.05, 0.1) is 17.8 Å². The molecule has 0 atom stereocenters. The van der Waals surface area contributed by atoms with Crippen LogP contribution in [0.25, 0.3) is 11.1 Å². The molecule has 3 rings (SSSR count). The zero-order chi connectivity index (χ0) is 15.7. The molecule has 1 aliphatic carbocycles. The number of nitrogens with zero attached hydrogens (tertiary/aromatic N) is 2. The van der Waals surface area contributed by atoms with E-state index in [1.54, 1.807) is 12.3 Å². The van der Waals surface area contributed by atoms with E-state index in [1.807, 2.05) is 10.9 Å². The fraction of sp³-hybridized carbons (Fsp3) is 0.438. The number of anilines is 1. The van der Waals surface area contributed by atoms with Crippen LogP contribution in [0.4, 0.5) is 18.9 Å². The van der Waals surface area contributed by atoms with Crippen LogP contribution in [0.1, 0.15) is 43.7 Å². The molecule has 1 saturated carbocycles. The van der Waals surface area contributed by atoms with Gasteiger partial charge in [-0.25, -0.2) is 0 Å². The fourth-order valence-electron chi connectivity index (χ4n) is 3.01. The van der Waals surface area contributed by atoms with Crippen molar-refractivity contribution >= 4 is 5.69 Å². The number of aromatic nitrogens is 2. The SMILES string of the molecule is Nc1ccc(-c2cnn(C3CCCCC3)c2)cc1C(F)(F)F. The molecule has 0 bridgehead atoms. The Kier molecular flexibility index (Phi) is 3.85. The van der Waals surface area contributed by atoms with Gasteiger partial charge in [0.25, 0.3) is 0 Å². The minimum Gasteiger partial charge on any atom is -0.398 e. The van der Waals surface area contributed by atoms with Crippen LogP contribution in [0, 0.1) is 0 Å². The highest BCUT2D eigenvalue weighted by Crippen LogP contribution is 2.36. The van der Waals surface area contributed by atoms with E-state index in [2.05, 4.69) is 5.10 Å². The molecule has 2 N–H and O–H groups in total. The van der Waals surface area contributed by atoms with E-state index >= 15 is 0 Å².